The zero-order valence-electron chi connectivity index (χ0n) is 14.8. The van der Waals surface area contributed by atoms with Crippen LogP contribution >= 0.6 is 0 Å². The fourth-order valence-electron chi connectivity index (χ4n) is 3.55. The van der Waals surface area contributed by atoms with Crippen LogP contribution in [0.2, 0.25) is 0 Å². The lowest BCUT2D eigenvalue weighted by molar-refractivity contribution is -0.151. The van der Waals surface area contributed by atoms with Gasteiger partial charge in [-0.25, -0.2) is 4.79 Å². The average Bonchev–Trinajstić information content (AvgIpc) is 3.10. The van der Waals surface area contributed by atoms with E-state index in [1.165, 1.54) is 11.1 Å². The van der Waals surface area contributed by atoms with Gasteiger partial charge in [0.15, 0.2) is 6.10 Å². The van der Waals surface area contributed by atoms with Gasteiger partial charge in [-0.3, -0.25) is 9.69 Å². The fraction of sp³-hybridized carbons (Fsp3) is 0.579. The number of carboxylic acid groups (broad SMARTS) is 1. The third-order valence-electron chi connectivity index (χ3n) is 5.27. The molecule has 2 heterocycles. The molecule has 2 aliphatic heterocycles. The number of aliphatic carboxylic acids is 1. The molecule has 0 radical (unpaired) electrons. The van der Waals surface area contributed by atoms with Crippen molar-refractivity contribution < 1.29 is 19.4 Å². The molecule has 0 aromatic heterocycles. The van der Waals surface area contributed by atoms with Gasteiger partial charge in [-0.15, -0.1) is 0 Å². The number of ether oxygens (including phenoxy) is 1. The third-order valence-corrected chi connectivity index (χ3v) is 5.27. The number of amides is 1. The maximum absolute atomic E-state index is 12.3. The van der Waals surface area contributed by atoms with E-state index in [-0.39, 0.29) is 11.4 Å². The molecule has 25 heavy (non-hydrogen) atoms. The molecule has 2 aliphatic rings. The van der Waals surface area contributed by atoms with Gasteiger partial charge in [-0.1, -0.05) is 24.3 Å². The maximum Gasteiger partial charge on any atom is 0.332 e. The Morgan fingerprint density at radius 3 is 2.60 bits per heavy atom. The van der Waals surface area contributed by atoms with Crippen molar-refractivity contribution >= 4 is 11.9 Å². The van der Waals surface area contributed by atoms with Crippen LogP contribution in [0.15, 0.2) is 24.3 Å². The van der Waals surface area contributed by atoms with Crippen LogP contribution in [0.3, 0.4) is 0 Å². The summed E-state index contributed by atoms with van der Waals surface area (Å²) in [4.78, 5) is 25.6. The summed E-state index contributed by atoms with van der Waals surface area (Å²) in [6, 6.07) is 8.48. The van der Waals surface area contributed by atoms with Crippen molar-refractivity contribution in [3.63, 3.8) is 0 Å². The zero-order valence-corrected chi connectivity index (χ0v) is 14.8. The van der Waals surface area contributed by atoms with E-state index in [0.717, 1.165) is 19.5 Å². The van der Waals surface area contributed by atoms with Crippen molar-refractivity contribution in [2.75, 3.05) is 13.1 Å². The summed E-state index contributed by atoms with van der Waals surface area (Å²) in [5.74, 6) is -1.21. The molecule has 2 N–H and O–H groups in total. The van der Waals surface area contributed by atoms with Gasteiger partial charge in [-0.2, -0.15) is 0 Å². The number of fused-ring (bicyclic) bond motifs is 1. The molecule has 0 saturated carbocycles. The number of rotatable bonds is 5. The van der Waals surface area contributed by atoms with E-state index in [1.54, 1.807) is 0 Å². The van der Waals surface area contributed by atoms with E-state index < -0.39 is 18.2 Å². The fourth-order valence-corrected chi connectivity index (χ4v) is 3.55. The standard InChI is InChI=1S/C19H26N2O4/c1-19(2,21-10-9-13-5-3-4-6-14(13)11-21)12-20-17(22)15-7-8-16(25-15)18(23)24/h3-6,15-16H,7-12H2,1-2H3,(H,20,22)(H,23,24)/t15-,16+/m0/s1. The van der Waals surface area contributed by atoms with Crippen molar-refractivity contribution in [1.82, 2.24) is 10.2 Å². The van der Waals surface area contributed by atoms with Crippen LogP contribution in [0, 0.1) is 0 Å². The molecular formula is C19H26N2O4. The highest BCUT2D eigenvalue weighted by Crippen LogP contribution is 2.25. The molecule has 6 nitrogen and oxygen atoms in total. The van der Waals surface area contributed by atoms with Crippen molar-refractivity contribution in [1.29, 1.82) is 0 Å². The Morgan fingerprint density at radius 2 is 1.92 bits per heavy atom. The quantitative estimate of drug-likeness (QED) is 0.846. The number of carbonyl (C=O) groups is 2. The van der Waals surface area contributed by atoms with Crippen LogP contribution in [0.4, 0.5) is 0 Å². The molecule has 1 fully saturated rings. The molecule has 0 aliphatic carbocycles. The lowest BCUT2D eigenvalue weighted by atomic mass is 9.94. The molecule has 0 spiro atoms. The second kappa shape index (κ2) is 7.14. The Labute approximate surface area is 148 Å². The van der Waals surface area contributed by atoms with E-state index in [0.29, 0.717) is 19.4 Å². The molecule has 1 saturated heterocycles. The second-order valence-corrected chi connectivity index (χ2v) is 7.50. The Kier molecular flexibility index (Phi) is 5.11. The number of hydrogen-bond acceptors (Lipinski definition) is 4. The highest BCUT2D eigenvalue weighted by atomic mass is 16.5. The first-order chi connectivity index (χ1) is 11.9. The molecule has 2 atom stereocenters. The summed E-state index contributed by atoms with van der Waals surface area (Å²) >= 11 is 0. The zero-order chi connectivity index (χ0) is 18.0. The monoisotopic (exact) mass is 346 g/mol. The van der Waals surface area contributed by atoms with Gasteiger partial charge in [0.05, 0.1) is 0 Å². The topological polar surface area (TPSA) is 78.9 Å². The van der Waals surface area contributed by atoms with E-state index >= 15 is 0 Å². The van der Waals surface area contributed by atoms with Gasteiger partial charge in [0.2, 0.25) is 5.91 Å². The van der Waals surface area contributed by atoms with Crippen LogP contribution in [-0.4, -0.2) is 52.7 Å². The molecule has 1 aromatic rings. The van der Waals surface area contributed by atoms with Crippen molar-refractivity contribution in [3.8, 4) is 0 Å². The van der Waals surface area contributed by atoms with Crippen LogP contribution in [-0.2, 0) is 27.3 Å². The minimum atomic E-state index is -0.998. The van der Waals surface area contributed by atoms with Gasteiger partial charge in [0.25, 0.3) is 0 Å². The van der Waals surface area contributed by atoms with Crippen molar-refractivity contribution in [2.24, 2.45) is 0 Å². The molecule has 0 unspecified atom stereocenters. The second-order valence-electron chi connectivity index (χ2n) is 7.50. The summed E-state index contributed by atoms with van der Waals surface area (Å²) in [5, 5.41) is 11.9. The summed E-state index contributed by atoms with van der Waals surface area (Å²) < 4.78 is 5.32. The predicted octanol–water partition coefficient (Wildman–Crippen LogP) is 1.57. The normalized spacial score (nSPS) is 23.9. The first kappa shape index (κ1) is 17.9. The van der Waals surface area contributed by atoms with E-state index in [4.69, 9.17) is 9.84 Å². The largest absolute Gasteiger partial charge is 0.479 e. The smallest absolute Gasteiger partial charge is 0.332 e. The lowest BCUT2D eigenvalue weighted by Gasteiger charge is -2.41. The Hall–Kier alpha value is -1.92. The van der Waals surface area contributed by atoms with E-state index in [1.807, 2.05) is 0 Å². The van der Waals surface area contributed by atoms with Gasteiger partial charge < -0.3 is 15.2 Å². The first-order valence-corrected chi connectivity index (χ1v) is 8.84. The molecular weight excluding hydrogens is 320 g/mol. The minimum Gasteiger partial charge on any atom is -0.479 e. The number of benzene rings is 1. The summed E-state index contributed by atoms with van der Waals surface area (Å²) in [6.07, 6.45) is 0.348. The van der Waals surface area contributed by atoms with Crippen LogP contribution in [0.1, 0.15) is 37.8 Å². The van der Waals surface area contributed by atoms with E-state index in [9.17, 15) is 9.59 Å². The van der Waals surface area contributed by atoms with Crippen LogP contribution in [0.25, 0.3) is 0 Å². The third kappa shape index (κ3) is 4.02. The Morgan fingerprint density at radius 1 is 1.24 bits per heavy atom. The van der Waals surface area contributed by atoms with Gasteiger partial charge in [0.1, 0.15) is 6.10 Å². The molecule has 1 aromatic carbocycles. The number of nitrogens with zero attached hydrogens (tertiary/aromatic N) is 1. The van der Waals surface area contributed by atoms with Gasteiger partial charge in [0, 0.05) is 25.2 Å². The Bertz CT molecular complexity index is 659. The summed E-state index contributed by atoms with van der Waals surface area (Å²) in [6.45, 7) is 6.58. The highest BCUT2D eigenvalue weighted by Gasteiger charge is 2.36. The summed E-state index contributed by atoms with van der Waals surface area (Å²) in [5.41, 5.74) is 2.56. The average molecular weight is 346 g/mol. The minimum absolute atomic E-state index is 0.187. The Balaban J connectivity index is 1.54. The molecule has 3 rings (SSSR count). The van der Waals surface area contributed by atoms with Gasteiger partial charge >= 0.3 is 5.97 Å². The van der Waals surface area contributed by atoms with Crippen molar-refractivity contribution in [2.45, 2.75) is 57.4 Å². The van der Waals surface area contributed by atoms with Gasteiger partial charge in [-0.05, 0) is 44.2 Å². The lowest BCUT2D eigenvalue weighted by Crippen LogP contribution is -2.54. The summed E-state index contributed by atoms with van der Waals surface area (Å²) in [7, 11) is 0. The predicted molar refractivity (Wildman–Crippen MR) is 93.2 cm³/mol. The van der Waals surface area contributed by atoms with E-state index in [2.05, 4.69) is 48.3 Å². The highest BCUT2D eigenvalue weighted by molar-refractivity contribution is 5.82. The first-order valence-electron chi connectivity index (χ1n) is 8.84. The SMILES string of the molecule is CC(C)(CNC(=O)[C@@H]1CC[C@H](C(=O)O)O1)N1CCc2ccccc2C1. The van der Waals surface area contributed by atoms with Crippen LogP contribution < -0.4 is 5.32 Å². The molecule has 1 amide bonds. The molecule has 0 bridgehead atoms. The molecule has 136 valence electrons. The van der Waals surface area contributed by atoms with Crippen molar-refractivity contribution in [3.05, 3.63) is 35.4 Å². The number of carboxylic acids is 1. The van der Waals surface area contributed by atoms with Crippen LogP contribution in [0.5, 0.6) is 0 Å². The number of nitrogens with one attached hydrogen (secondary N) is 1. The maximum atomic E-state index is 12.3. The number of carbonyl (C=O) groups excluding carboxylic acids is 1. The molecule has 6 heteroatoms. The number of hydrogen-bond donors (Lipinski definition) is 2.